The smallest absolute Gasteiger partial charge is 0.462 e. The highest BCUT2D eigenvalue weighted by Crippen LogP contribution is 2.45. The molecule has 0 saturated carbocycles. The van der Waals surface area contributed by atoms with Gasteiger partial charge >= 0.3 is 39.5 Å². The Balaban J connectivity index is 5.16. The highest BCUT2D eigenvalue weighted by atomic mass is 31.2. The van der Waals surface area contributed by atoms with Crippen LogP contribution < -0.4 is 0 Å². The van der Waals surface area contributed by atoms with E-state index in [1.807, 2.05) is 0 Å². The van der Waals surface area contributed by atoms with Crippen molar-refractivity contribution in [1.29, 1.82) is 0 Å². The fourth-order valence-corrected chi connectivity index (χ4v) is 10.3. The zero-order valence-electron chi connectivity index (χ0n) is 49.6. The summed E-state index contributed by atoms with van der Waals surface area (Å²) in [6.07, 6.45) is 37.8. The van der Waals surface area contributed by atoms with Crippen molar-refractivity contribution in [2.24, 2.45) is 0 Å². The Kier molecular flexibility index (Phi) is 53.0. The number of carbonyl (C=O) groups excluding carboxylic acids is 4. The van der Waals surface area contributed by atoms with Gasteiger partial charge in [0.15, 0.2) is 12.2 Å². The molecule has 0 aliphatic carbocycles. The lowest BCUT2D eigenvalue weighted by Crippen LogP contribution is -2.30. The number of phosphoric ester groups is 2. The number of hydrogen-bond acceptors (Lipinski definition) is 15. The number of aliphatic hydroxyl groups is 1. The van der Waals surface area contributed by atoms with Gasteiger partial charge in [-0.2, -0.15) is 0 Å². The second-order valence-electron chi connectivity index (χ2n) is 21.4. The van der Waals surface area contributed by atoms with E-state index < -0.39 is 97.5 Å². The predicted molar refractivity (Wildman–Crippen MR) is 308 cm³/mol. The summed E-state index contributed by atoms with van der Waals surface area (Å²) < 4.78 is 67.6. The Bertz CT molecular complexity index is 1520. The van der Waals surface area contributed by atoms with E-state index in [0.717, 1.165) is 116 Å². The highest BCUT2D eigenvalue weighted by Gasteiger charge is 2.30. The first-order chi connectivity index (χ1) is 37.7. The van der Waals surface area contributed by atoms with Gasteiger partial charge in [0.2, 0.25) is 0 Å². The number of hydrogen-bond donors (Lipinski definition) is 3. The minimum Gasteiger partial charge on any atom is -0.462 e. The van der Waals surface area contributed by atoms with Gasteiger partial charge in [0.1, 0.15) is 19.3 Å². The fraction of sp³-hybridized carbons (Fsp3) is 0.932. The van der Waals surface area contributed by atoms with Gasteiger partial charge in [0.25, 0.3) is 0 Å². The van der Waals surface area contributed by atoms with E-state index in [9.17, 15) is 43.2 Å². The summed E-state index contributed by atoms with van der Waals surface area (Å²) in [6.45, 7) is 4.76. The van der Waals surface area contributed by atoms with Crippen molar-refractivity contribution in [3.8, 4) is 0 Å². The molecule has 0 aromatic rings. The molecule has 0 aromatic heterocycles. The predicted octanol–water partition coefficient (Wildman–Crippen LogP) is 16.0. The van der Waals surface area contributed by atoms with E-state index in [-0.39, 0.29) is 25.7 Å². The van der Waals surface area contributed by atoms with Crippen LogP contribution in [0.5, 0.6) is 0 Å². The van der Waals surface area contributed by atoms with Gasteiger partial charge in [-0.3, -0.25) is 37.3 Å². The quantitative estimate of drug-likeness (QED) is 0.0222. The van der Waals surface area contributed by atoms with Crippen molar-refractivity contribution in [3.05, 3.63) is 0 Å². The number of phosphoric acid groups is 2. The molecule has 0 fully saturated rings. The average Bonchev–Trinajstić information content (AvgIpc) is 3.41. The van der Waals surface area contributed by atoms with Gasteiger partial charge < -0.3 is 33.8 Å². The summed E-state index contributed by atoms with van der Waals surface area (Å²) in [6, 6.07) is 0. The second kappa shape index (κ2) is 54.3. The first-order valence-electron chi connectivity index (χ1n) is 31.3. The van der Waals surface area contributed by atoms with Gasteiger partial charge in [-0.25, -0.2) is 9.13 Å². The average molecular weight is 1160 g/mol. The lowest BCUT2D eigenvalue weighted by Gasteiger charge is -2.21. The fourth-order valence-electron chi connectivity index (χ4n) is 8.75. The van der Waals surface area contributed by atoms with Crippen molar-refractivity contribution in [3.63, 3.8) is 0 Å². The topological polar surface area (TPSA) is 237 Å². The van der Waals surface area contributed by atoms with Crippen LogP contribution in [0, 0.1) is 0 Å². The van der Waals surface area contributed by atoms with Crippen molar-refractivity contribution < 1.29 is 80.2 Å². The molecule has 0 heterocycles. The largest absolute Gasteiger partial charge is 0.472 e. The third kappa shape index (κ3) is 53.4. The minimum absolute atomic E-state index is 0.104. The van der Waals surface area contributed by atoms with Crippen molar-refractivity contribution in [1.82, 2.24) is 0 Å². The Morgan fingerprint density at radius 1 is 0.308 bits per heavy atom. The Labute approximate surface area is 473 Å². The first kappa shape index (κ1) is 76.1. The molecular formula is C59H114O17P2. The van der Waals surface area contributed by atoms with Crippen molar-refractivity contribution >= 4 is 39.5 Å². The molecule has 0 aliphatic heterocycles. The summed E-state index contributed by atoms with van der Waals surface area (Å²) >= 11 is 0. The van der Waals surface area contributed by atoms with Crippen LogP contribution in [0.2, 0.25) is 0 Å². The van der Waals surface area contributed by atoms with Crippen LogP contribution >= 0.6 is 15.6 Å². The molecule has 0 bridgehead atoms. The first-order valence-corrected chi connectivity index (χ1v) is 34.3. The van der Waals surface area contributed by atoms with E-state index in [0.29, 0.717) is 25.7 Å². The zero-order valence-corrected chi connectivity index (χ0v) is 51.4. The number of esters is 4. The Morgan fingerprint density at radius 3 is 0.756 bits per heavy atom. The van der Waals surface area contributed by atoms with Crippen LogP contribution in [-0.4, -0.2) is 96.7 Å². The maximum absolute atomic E-state index is 12.9. The molecule has 462 valence electrons. The molecule has 0 rings (SSSR count). The third-order valence-electron chi connectivity index (χ3n) is 13.6. The normalized spacial score (nSPS) is 14.3. The molecule has 0 spiro atoms. The second-order valence-corrected chi connectivity index (χ2v) is 24.3. The van der Waals surface area contributed by atoms with Gasteiger partial charge in [-0.05, 0) is 25.7 Å². The standard InChI is InChI=1S/C59H114O17P2/c1-5-9-13-17-21-23-24-25-26-27-28-30-34-38-42-46-59(64)76-55(50-70-57(62)44-40-36-33-29-22-18-14-10-6-2)52-74-78(67,68)72-48-53(60)47-71-77(65,66)73-51-54(75-58(63)45-41-37-32-20-16-12-8-4)49-69-56(61)43-39-35-31-19-15-11-7-3/h53-55,60H,5-52H2,1-4H3,(H,65,66)(H,67,68)/t53-,54+,55+/m0/s1. The summed E-state index contributed by atoms with van der Waals surface area (Å²) in [5.41, 5.74) is 0. The van der Waals surface area contributed by atoms with E-state index in [2.05, 4.69) is 27.7 Å². The Hall–Kier alpha value is -1.94. The van der Waals surface area contributed by atoms with Crippen LogP contribution in [0.4, 0.5) is 0 Å². The molecule has 0 aromatic carbocycles. The van der Waals surface area contributed by atoms with Gasteiger partial charge in [0.05, 0.1) is 26.4 Å². The van der Waals surface area contributed by atoms with Crippen molar-refractivity contribution in [2.45, 2.75) is 316 Å². The van der Waals surface area contributed by atoms with E-state index in [4.69, 9.17) is 37.0 Å². The summed E-state index contributed by atoms with van der Waals surface area (Å²) in [7, 11) is -9.86. The van der Waals surface area contributed by atoms with Crippen LogP contribution in [-0.2, 0) is 65.4 Å². The number of ether oxygens (including phenoxy) is 4. The molecule has 5 atom stereocenters. The van der Waals surface area contributed by atoms with E-state index in [1.165, 1.54) is 103 Å². The van der Waals surface area contributed by atoms with Crippen LogP contribution in [0.3, 0.4) is 0 Å². The Morgan fingerprint density at radius 2 is 0.513 bits per heavy atom. The molecule has 3 N–H and O–H groups in total. The van der Waals surface area contributed by atoms with Crippen LogP contribution in [0.25, 0.3) is 0 Å². The van der Waals surface area contributed by atoms with E-state index in [1.54, 1.807) is 0 Å². The molecular weight excluding hydrogens is 1040 g/mol. The molecule has 78 heavy (non-hydrogen) atoms. The molecule has 0 radical (unpaired) electrons. The lowest BCUT2D eigenvalue weighted by atomic mass is 10.0. The molecule has 19 heteroatoms. The molecule has 0 saturated heterocycles. The van der Waals surface area contributed by atoms with E-state index >= 15 is 0 Å². The molecule has 0 amide bonds. The molecule has 17 nitrogen and oxygen atoms in total. The number of aliphatic hydroxyl groups excluding tert-OH is 1. The van der Waals surface area contributed by atoms with Gasteiger partial charge in [-0.15, -0.1) is 0 Å². The SMILES string of the molecule is CCCCCCCCCCCCCCCCCC(=O)O[C@H](COC(=O)CCCCCCCCCCC)COP(=O)(O)OC[C@@H](O)COP(=O)(O)OC[C@@H](COC(=O)CCCCCCCCC)OC(=O)CCCCCCCCC. The minimum atomic E-state index is -4.94. The lowest BCUT2D eigenvalue weighted by molar-refractivity contribution is -0.161. The summed E-state index contributed by atoms with van der Waals surface area (Å²) in [5.74, 6) is -2.15. The number of unbranched alkanes of at least 4 members (excludes halogenated alkanes) is 34. The van der Waals surface area contributed by atoms with Crippen LogP contribution in [0.15, 0.2) is 0 Å². The number of carbonyl (C=O) groups is 4. The third-order valence-corrected chi connectivity index (χ3v) is 15.5. The summed E-state index contributed by atoms with van der Waals surface area (Å²) in [4.78, 5) is 71.7. The maximum atomic E-state index is 12.9. The van der Waals surface area contributed by atoms with Crippen LogP contribution in [0.1, 0.15) is 297 Å². The zero-order chi connectivity index (χ0) is 57.6. The van der Waals surface area contributed by atoms with Gasteiger partial charge in [0, 0.05) is 25.7 Å². The highest BCUT2D eigenvalue weighted by molar-refractivity contribution is 7.47. The molecule has 0 aliphatic rings. The molecule has 2 unspecified atom stereocenters. The van der Waals surface area contributed by atoms with Gasteiger partial charge in [-0.1, -0.05) is 246 Å². The summed E-state index contributed by atoms with van der Waals surface area (Å²) in [5, 5.41) is 10.5. The number of rotatable bonds is 60. The monoisotopic (exact) mass is 1160 g/mol. The maximum Gasteiger partial charge on any atom is 0.472 e. The van der Waals surface area contributed by atoms with Crippen molar-refractivity contribution in [2.75, 3.05) is 39.6 Å².